The van der Waals surface area contributed by atoms with Crippen LogP contribution in [-0.2, 0) is 32.7 Å². The second-order valence-corrected chi connectivity index (χ2v) is 22.3. The van der Waals surface area contributed by atoms with E-state index in [4.69, 9.17) is 18.5 Å². The summed E-state index contributed by atoms with van der Waals surface area (Å²) in [7, 11) is -5.12. The summed E-state index contributed by atoms with van der Waals surface area (Å²) >= 11 is 0. The van der Waals surface area contributed by atoms with Crippen molar-refractivity contribution in [2.24, 2.45) is 0 Å². The Bertz CT molecular complexity index is 1230. The number of phosphoric ester groups is 1. The van der Waals surface area contributed by atoms with E-state index in [0.717, 1.165) is 38.5 Å². The third-order valence-corrected chi connectivity index (χ3v) is 15.2. The molecule has 0 aromatic rings. The molecule has 1 saturated carbocycles. The van der Waals surface area contributed by atoms with Gasteiger partial charge in [0.25, 0.3) is 0 Å². The van der Waals surface area contributed by atoms with Crippen molar-refractivity contribution < 1.29 is 63.1 Å². The van der Waals surface area contributed by atoms with E-state index >= 15 is 0 Å². The lowest BCUT2D eigenvalue weighted by Crippen LogP contribution is -2.64. The van der Waals surface area contributed by atoms with Crippen LogP contribution in [0.1, 0.15) is 290 Å². The van der Waals surface area contributed by atoms with Crippen molar-refractivity contribution in [1.29, 1.82) is 0 Å². The molecule has 0 aromatic heterocycles. The molecular formula is C56H109O13P. The van der Waals surface area contributed by atoms with Crippen LogP contribution in [0.25, 0.3) is 0 Å². The highest BCUT2D eigenvalue weighted by Crippen LogP contribution is 2.47. The number of carbonyl (C=O) groups is 2. The van der Waals surface area contributed by atoms with Crippen molar-refractivity contribution in [3.8, 4) is 0 Å². The highest BCUT2D eigenvalue weighted by molar-refractivity contribution is 7.47. The number of esters is 2. The molecular weight excluding hydrogens is 912 g/mol. The number of unbranched alkanes of at least 4 members (excludes halogenated alkanes) is 39. The van der Waals surface area contributed by atoms with Crippen molar-refractivity contribution in [3.63, 3.8) is 0 Å². The van der Waals surface area contributed by atoms with Crippen LogP contribution in [0.2, 0.25) is 0 Å². The fourth-order valence-corrected chi connectivity index (χ4v) is 10.5. The van der Waals surface area contributed by atoms with Gasteiger partial charge in [0.15, 0.2) is 6.10 Å². The first-order valence-corrected chi connectivity index (χ1v) is 30.8. The molecule has 1 aliphatic rings. The molecule has 0 saturated heterocycles. The summed E-state index contributed by atoms with van der Waals surface area (Å²) in [6.07, 6.45) is 38.7. The number of rotatable bonds is 51. The van der Waals surface area contributed by atoms with Crippen molar-refractivity contribution in [3.05, 3.63) is 0 Å². The molecule has 70 heavy (non-hydrogen) atoms. The number of aliphatic hydroxyl groups excluding tert-OH is 5. The molecule has 6 N–H and O–H groups in total. The minimum absolute atomic E-state index is 0.106. The van der Waals surface area contributed by atoms with E-state index in [-0.39, 0.29) is 12.8 Å². The molecule has 1 rings (SSSR count). The van der Waals surface area contributed by atoms with Crippen molar-refractivity contribution >= 4 is 19.8 Å². The molecule has 0 amide bonds. The van der Waals surface area contributed by atoms with Gasteiger partial charge in [0.1, 0.15) is 43.2 Å². The Morgan fingerprint density at radius 2 is 0.643 bits per heavy atom. The highest BCUT2D eigenvalue weighted by Gasteiger charge is 2.51. The average molecular weight is 1020 g/mol. The summed E-state index contributed by atoms with van der Waals surface area (Å²) in [5.74, 6) is -1.07. The monoisotopic (exact) mass is 1020 g/mol. The predicted octanol–water partition coefficient (Wildman–Crippen LogP) is 13.6. The quantitative estimate of drug-likeness (QED) is 0.0191. The SMILES string of the molecule is CCCCCCCCCCCCCCCCCCCCCCCCCC(=O)O[C@H](COC(=O)CCCCCCCCCCCCCCCCCCCC)COP(=O)(O)OC1C(O)C(O)C(O)[C@@H](O)C1O. The maximum Gasteiger partial charge on any atom is 0.472 e. The van der Waals surface area contributed by atoms with Gasteiger partial charge in [0.05, 0.1) is 6.61 Å². The minimum Gasteiger partial charge on any atom is -0.462 e. The van der Waals surface area contributed by atoms with E-state index in [1.807, 2.05) is 0 Å². The predicted molar refractivity (Wildman–Crippen MR) is 281 cm³/mol. The van der Waals surface area contributed by atoms with Crippen LogP contribution in [0.15, 0.2) is 0 Å². The third-order valence-electron chi connectivity index (χ3n) is 14.2. The van der Waals surface area contributed by atoms with Gasteiger partial charge < -0.3 is 39.9 Å². The zero-order valence-electron chi connectivity index (χ0n) is 44.8. The van der Waals surface area contributed by atoms with Crippen LogP contribution in [0.5, 0.6) is 0 Å². The first kappa shape index (κ1) is 66.9. The summed E-state index contributed by atoms with van der Waals surface area (Å²) < 4.78 is 33.8. The minimum atomic E-state index is -5.12. The lowest BCUT2D eigenvalue weighted by Gasteiger charge is -2.41. The van der Waals surface area contributed by atoms with E-state index in [9.17, 15) is 44.6 Å². The molecule has 0 aromatic carbocycles. The molecule has 14 heteroatoms. The smallest absolute Gasteiger partial charge is 0.462 e. The maximum atomic E-state index is 12.9. The number of carbonyl (C=O) groups excluding carboxylic acids is 2. The van der Waals surface area contributed by atoms with E-state index in [0.29, 0.717) is 12.8 Å². The maximum absolute atomic E-state index is 12.9. The number of hydrogen-bond acceptors (Lipinski definition) is 12. The second kappa shape index (κ2) is 46.4. The molecule has 6 unspecified atom stereocenters. The summed E-state index contributed by atoms with van der Waals surface area (Å²) in [5, 5.41) is 50.4. The molecule has 1 fully saturated rings. The summed E-state index contributed by atoms with van der Waals surface area (Å²) in [4.78, 5) is 36.0. The van der Waals surface area contributed by atoms with Crippen LogP contribution >= 0.6 is 7.82 Å². The normalized spacial score (nSPS) is 20.6. The molecule has 1 aliphatic carbocycles. The Balaban J connectivity index is 2.30. The third kappa shape index (κ3) is 37.6. The molecule has 8 atom stereocenters. The summed E-state index contributed by atoms with van der Waals surface area (Å²) in [6.45, 7) is 3.38. The van der Waals surface area contributed by atoms with Crippen LogP contribution in [0.3, 0.4) is 0 Å². The second-order valence-electron chi connectivity index (χ2n) is 20.9. The molecule has 13 nitrogen and oxygen atoms in total. The molecule has 0 heterocycles. The Kier molecular flexibility index (Phi) is 44.3. The van der Waals surface area contributed by atoms with Gasteiger partial charge in [-0.2, -0.15) is 0 Å². The van der Waals surface area contributed by atoms with E-state index in [2.05, 4.69) is 13.8 Å². The van der Waals surface area contributed by atoms with Crippen LogP contribution in [-0.4, -0.2) is 98.3 Å². The van der Waals surface area contributed by atoms with Gasteiger partial charge in [-0.25, -0.2) is 4.57 Å². The fourth-order valence-electron chi connectivity index (χ4n) is 9.53. The average Bonchev–Trinajstić information content (AvgIpc) is 3.34. The Labute approximate surface area is 427 Å². The van der Waals surface area contributed by atoms with Gasteiger partial charge in [-0.15, -0.1) is 0 Å². The van der Waals surface area contributed by atoms with E-state index in [1.165, 1.54) is 212 Å². The van der Waals surface area contributed by atoms with Gasteiger partial charge in [0, 0.05) is 12.8 Å². The molecule has 0 spiro atoms. The number of aliphatic hydroxyl groups is 5. The fraction of sp³-hybridized carbons (Fsp3) is 0.964. The number of phosphoric acid groups is 1. The van der Waals surface area contributed by atoms with Gasteiger partial charge in [-0.05, 0) is 12.8 Å². The van der Waals surface area contributed by atoms with Gasteiger partial charge in [0.2, 0.25) is 0 Å². The Morgan fingerprint density at radius 1 is 0.386 bits per heavy atom. The van der Waals surface area contributed by atoms with E-state index < -0.39 is 75.7 Å². The van der Waals surface area contributed by atoms with Crippen LogP contribution < -0.4 is 0 Å². The van der Waals surface area contributed by atoms with Crippen LogP contribution in [0.4, 0.5) is 0 Å². The molecule has 416 valence electrons. The number of hydrogen-bond donors (Lipinski definition) is 6. The molecule has 0 bridgehead atoms. The van der Waals surface area contributed by atoms with Crippen LogP contribution in [0, 0.1) is 0 Å². The number of ether oxygens (including phenoxy) is 2. The first-order chi connectivity index (χ1) is 33.9. The van der Waals surface area contributed by atoms with E-state index in [1.54, 1.807) is 0 Å². The standard InChI is InChI=1S/C56H109O13P/c1-3-5-7-9-11-13-15-17-19-21-23-24-25-26-27-29-31-33-35-37-39-41-43-45-50(58)68-48(47-67-70(64,65)69-56-54(62)52(60)51(59)53(61)55(56)63)46-66-49(57)44-42-40-38-36-34-32-30-28-22-20-18-16-14-12-10-8-6-4-2/h48,51-56,59-63H,3-47H2,1-2H3,(H,64,65)/t48-,51?,52-,53?,54?,55?,56?/m1/s1. The van der Waals surface area contributed by atoms with Crippen molar-refractivity contribution in [2.75, 3.05) is 13.2 Å². The van der Waals surface area contributed by atoms with Crippen molar-refractivity contribution in [1.82, 2.24) is 0 Å². The highest BCUT2D eigenvalue weighted by atomic mass is 31.2. The zero-order chi connectivity index (χ0) is 51.3. The van der Waals surface area contributed by atoms with Gasteiger partial charge >= 0.3 is 19.8 Å². The van der Waals surface area contributed by atoms with Crippen molar-refractivity contribution in [2.45, 2.75) is 333 Å². The summed E-state index contributed by atoms with van der Waals surface area (Å²) in [6, 6.07) is 0. The van der Waals surface area contributed by atoms with Gasteiger partial charge in [-0.3, -0.25) is 18.6 Å². The zero-order valence-corrected chi connectivity index (χ0v) is 45.7. The summed E-state index contributed by atoms with van der Waals surface area (Å²) in [5.41, 5.74) is 0. The Morgan fingerprint density at radius 3 is 0.943 bits per heavy atom. The largest absolute Gasteiger partial charge is 0.472 e. The van der Waals surface area contributed by atoms with Gasteiger partial charge in [-0.1, -0.05) is 264 Å². The lowest BCUT2D eigenvalue weighted by atomic mass is 9.85. The lowest BCUT2D eigenvalue weighted by molar-refractivity contribution is -0.220. The Hall–Kier alpha value is -1.15. The molecule has 0 radical (unpaired) electrons. The molecule has 0 aliphatic heterocycles. The first-order valence-electron chi connectivity index (χ1n) is 29.3. The topological polar surface area (TPSA) is 210 Å².